The van der Waals surface area contributed by atoms with Crippen LogP contribution in [0.5, 0.6) is 0 Å². The Hall–Kier alpha value is -1.44. The summed E-state index contributed by atoms with van der Waals surface area (Å²) in [7, 11) is -0.605. The summed E-state index contributed by atoms with van der Waals surface area (Å²) < 4.78 is 26.8. The molecular formula is C16H27N3O3S. The molecule has 0 fully saturated rings. The lowest BCUT2D eigenvalue weighted by Crippen LogP contribution is -2.40. The number of sulfonamides is 1. The van der Waals surface area contributed by atoms with Crippen molar-refractivity contribution in [3.8, 4) is 0 Å². The third kappa shape index (κ3) is 4.53. The highest BCUT2D eigenvalue weighted by atomic mass is 32.2. The van der Waals surface area contributed by atoms with Crippen LogP contribution >= 0.6 is 0 Å². The first-order chi connectivity index (χ1) is 10.8. The number of nitrogens with zero attached hydrogens (tertiary/aromatic N) is 2. The molecule has 130 valence electrons. The summed E-state index contributed by atoms with van der Waals surface area (Å²) in [5.74, 6) is -0.286. The molecule has 0 aliphatic heterocycles. The first-order valence-corrected chi connectivity index (χ1v) is 9.23. The Bertz CT molecular complexity index is 631. The van der Waals surface area contributed by atoms with Crippen LogP contribution in [0.3, 0.4) is 0 Å². The molecule has 0 aromatic heterocycles. The van der Waals surface area contributed by atoms with Gasteiger partial charge in [-0.1, -0.05) is 25.5 Å². The topological polar surface area (TPSA) is 83.7 Å². The first-order valence-electron chi connectivity index (χ1n) is 7.79. The second-order valence-corrected chi connectivity index (χ2v) is 7.65. The molecule has 1 rings (SSSR count). The molecule has 0 spiro atoms. The maximum absolute atomic E-state index is 12.8. The van der Waals surface area contributed by atoms with Crippen LogP contribution in [0.1, 0.15) is 37.0 Å². The van der Waals surface area contributed by atoms with E-state index in [0.29, 0.717) is 6.54 Å². The molecular weight excluding hydrogens is 314 g/mol. The van der Waals surface area contributed by atoms with Crippen molar-refractivity contribution in [3.05, 3.63) is 29.8 Å². The molecule has 0 saturated carbocycles. The van der Waals surface area contributed by atoms with Crippen molar-refractivity contribution in [3.63, 3.8) is 0 Å². The normalized spacial score (nSPS) is 13.1. The Morgan fingerprint density at radius 3 is 2.43 bits per heavy atom. The summed E-state index contributed by atoms with van der Waals surface area (Å²) in [6, 6.07) is 5.97. The third-order valence-corrected chi connectivity index (χ3v) is 5.96. The van der Waals surface area contributed by atoms with Gasteiger partial charge in [-0.2, -0.15) is 4.31 Å². The van der Waals surface area contributed by atoms with Gasteiger partial charge in [-0.25, -0.2) is 8.42 Å². The molecule has 1 aromatic carbocycles. The number of rotatable bonds is 8. The lowest BCUT2D eigenvalue weighted by Gasteiger charge is -2.25. The fourth-order valence-electron chi connectivity index (χ4n) is 2.11. The summed E-state index contributed by atoms with van der Waals surface area (Å²) in [6.07, 6.45) is 1.84. The van der Waals surface area contributed by atoms with Crippen molar-refractivity contribution in [2.75, 3.05) is 27.2 Å². The van der Waals surface area contributed by atoms with Crippen molar-refractivity contribution >= 4 is 15.9 Å². The molecule has 0 aliphatic rings. The van der Waals surface area contributed by atoms with Crippen LogP contribution < -0.4 is 5.73 Å². The zero-order chi connectivity index (χ0) is 17.6. The fraction of sp³-hybridized carbons (Fsp3) is 0.562. The number of hydrogen-bond donors (Lipinski definition) is 1. The molecule has 1 aromatic rings. The van der Waals surface area contributed by atoms with E-state index in [0.717, 1.165) is 12.8 Å². The van der Waals surface area contributed by atoms with Crippen LogP contribution in [-0.4, -0.2) is 56.8 Å². The SMILES string of the molecule is CCCCN(C)C(=O)c1ccccc1S(=O)(=O)N(C)C(C)CN. The molecule has 2 N–H and O–H groups in total. The molecule has 23 heavy (non-hydrogen) atoms. The molecule has 0 aliphatic carbocycles. The lowest BCUT2D eigenvalue weighted by molar-refractivity contribution is 0.0789. The van der Waals surface area contributed by atoms with Crippen LogP contribution in [0.2, 0.25) is 0 Å². The number of hydrogen-bond acceptors (Lipinski definition) is 4. The standard InChI is InChI=1S/C16H27N3O3S/c1-5-6-11-18(3)16(20)14-9-7-8-10-15(14)23(21,22)19(4)13(2)12-17/h7-10,13H,5-6,11-12,17H2,1-4H3. The predicted molar refractivity (Wildman–Crippen MR) is 91.8 cm³/mol. The molecule has 1 atom stereocenters. The number of amides is 1. The van der Waals surface area contributed by atoms with Crippen LogP contribution in [0.25, 0.3) is 0 Å². The Kier molecular flexibility index (Phi) is 7.18. The molecule has 7 heteroatoms. The van der Waals surface area contributed by atoms with Crippen molar-refractivity contribution in [2.45, 2.75) is 37.6 Å². The van der Waals surface area contributed by atoms with E-state index >= 15 is 0 Å². The van der Waals surface area contributed by atoms with Crippen LogP contribution in [0.15, 0.2) is 29.2 Å². The minimum absolute atomic E-state index is 0.0242. The molecule has 0 saturated heterocycles. The maximum atomic E-state index is 12.8. The molecule has 1 unspecified atom stereocenters. The fourth-order valence-corrected chi connectivity index (χ4v) is 3.67. The van der Waals surface area contributed by atoms with Gasteiger partial charge in [0, 0.05) is 33.2 Å². The number of nitrogens with two attached hydrogens (primary N) is 1. The quantitative estimate of drug-likeness (QED) is 0.777. The van der Waals surface area contributed by atoms with E-state index in [2.05, 4.69) is 0 Å². The molecule has 0 radical (unpaired) electrons. The van der Waals surface area contributed by atoms with Gasteiger partial charge >= 0.3 is 0 Å². The summed E-state index contributed by atoms with van der Waals surface area (Å²) >= 11 is 0. The predicted octanol–water partition coefficient (Wildman–Crippen LogP) is 1.53. The number of unbranched alkanes of at least 4 members (excludes halogenated alkanes) is 1. The highest BCUT2D eigenvalue weighted by Gasteiger charge is 2.29. The van der Waals surface area contributed by atoms with E-state index in [1.807, 2.05) is 6.92 Å². The zero-order valence-corrected chi connectivity index (χ0v) is 15.1. The number of carbonyl (C=O) groups excluding carboxylic acids is 1. The van der Waals surface area contributed by atoms with Crippen molar-refractivity contribution in [1.82, 2.24) is 9.21 Å². The average molecular weight is 341 g/mol. The molecule has 6 nitrogen and oxygen atoms in total. The highest BCUT2D eigenvalue weighted by molar-refractivity contribution is 7.89. The second-order valence-electron chi connectivity index (χ2n) is 5.68. The maximum Gasteiger partial charge on any atom is 0.254 e. The Morgan fingerprint density at radius 2 is 1.87 bits per heavy atom. The zero-order valence-electron chi connectivity index (χ0n) is 14.3. The average Bonchev–Trinajstić information content (AvgIpc) is 2.57. The number of likely N-dealkylation sites (N-methyl/N-ethyl adjacent to an activating group) is 1. The van der Waals surface area contributed by atoms with E-state index < -0.39 is 10.0 Å². The van der Waals surface area contributed by atoms with Crippen molar-refractivity contribution < 1.29 is 13.2 Å². The smallest absolute Gasteiger partial charge is 0.254 e. The van der Waals surface area contributed by atoms with Crippen LogP contribution in [0, 0.1) is 0 Å². The molecule has 0 bridgehead atoms. The lowest BCUT2D eigenvalue weighted by atomic mass is 10.2. The van der Waals surface area contributed by atoms with Gasteiger partial charge in [-0.05, 0) is 25.5 Å². The Labute approximate surface area is 139 Å². The summed E-state index contributed by atoms with van der Waals surface area (Å²) in [5, 5.41) is 0. The summed E-state index contributed by atoms with van der Waals surface area (Å²) in [6.45, 7) is 4.58. The van der Waals surface area contributed by atoms with Gasteiger partial charge < -0.3 is 10.6 Å². The first kappa shape index (κ1) is 19.6. The van der Waals surface area contributed by atoms with E-state index in [1.165, 1.54) is 17.4 Å². The van der Waals surface area contributed by atoms with E-state index in [9.17, 15) is 13.2 Å². The van der Waals surface area contributed by atoms with Gasteiger partial charge in [0.2, 0.25) is 10.0 Å². The largest absolute Gasteiger partial charge is 0.342 e. The summed E-state index contributed by atoms with van der Waals surface area (Å²) in [4.78, 5) is 14.2. The van der Waals surface area contributed by atoms with E-state index in [1.54, 1.807) is 37.1 Å². The monoisotopic (exact) mass is 341 g/mol. The van der Waals surface area contributed by atoms with E-state index in [4.69, 9.17) is 5.73 Å². The van der Waals surface area contributed by atoms with Crippen molar-refractivity contribution in [2.24, 2.45) is 5.73 Å². The van der Waals surface area contributed by atoms with Gasteiger partial charge in [0.05, 0.1) is 10.5 Å². The van der Waals surface area contributed by atoms with Crippen LogP contribution in [0.4, 0.5) is 0 Å². The second kappa shape index (κ2) is 8.42. The van der Waals surface area contributed by atoms with Gasteiger partial charge in [0.15, 0.2) is 0 Å². The Balaban J connectivity index is 3.22. The summed E-state index contributed by atoms with van der Waals surface area (Å²) in [5.41, 5.74) is 5.76. The third-order valence-electron chi connectivity index (χ3n) is 3.93. The minimum atomic E-state index is -3.77. The van der Waals surface area contributed by atoms with Crippen LogP contribution in [-0.2, 0) is 10.0 Å². The number of benzene rings is 1. The van der Waals surface area contributed by atoms with Crippen molar-refractivity contribution in [1.29, 1.82) is 0 Å². The Morgan fingerprint density at radius 1 is 1.26 bits per heavy atom. The highest BCUT2D eigenvalue weighted by Crippen LogP contribution is 2.22. The molecule has 1 amide bonds. The van der Waals surface area contributed by atoms with Gasteiger partial charge in [0.1, 0.15) is 0 Å². The van der Waals surface area contributed by atoms with Gasteiger partial charge in [-0.15, -0.1) is 0 Å². The number of carbonyl (C=O) groups is 1. The van der Waals surface area contributed by atoms with Gasteiger partial charge in [0.25, 0.3) is 5.91 Å². The minimum Gasteiger partial charge on any atom is -0.342 e. The van der Waals surface area contributed by atoms with Gasteiger partial charge in [-0.3, -0.25) is 4.79 Å². The molecule has 0 heterocycles. The van der Waals surface area contributed by atoms with E-state index in [-0.39, 0.29) is 29.0 Å².